The number of hydrogen-bond donors (Lipinski definition) is 1. The van der Waals surface area contributed by atoms with Crippen LogP contribution in [0.2, 0.25) is 0 Å². The molecule has 1 rings (SSSR count). The molecule has 1 amide bonds. The number of carboxylic acid groups (broad SMARTS) is 1. The lowest BCUT2D eigenvalue weighted by Crippen LogP contribution is -2.38. The third-order valence-electron chi connectivity index (χ3n) is 2.30. The molecule has 0 bridgehead atoms. The summed E-state index contributed by atoms with van der Waals surface area (Å²) < 4.78 is 35.9. The standard InChI is InChI=1S/C9H11F3N2O4/c1-14(3-2-9(10,11)12)7(15)6-4-5(8(16)17)13-18-6/h6H,2-4H2,1H3,(H,16,17). The van der Waals surface area contributed by atoms with Gasteiger partial charge in [0.1, 0.15) is 0 Å². The molecule has 1 atom stereocenters. The predicted octanol–water partition coefficient (Wildman–Crippen LogP) is 0.627. The van der Waals surface area contributed by atoms with Gasteiger partial charge >= 0.3 is 12.1 Å². The smallest absolute Gasteiger partial charge is 0.390 e. The SMILES string of the molecule is CN(CCC(F)(F)F)C(=O)C1CC(C(=O)O)=NO1. The van der Waals surface area contributed by atoms with Crippen LogP contribution >= 0.6 is 0 Å². The van der Waals surface area contributed by atoms with Gasteiger partial charge in [-0.1, -0.05) is 5.16 Å². The molecule has 0 saturated heterocycles. The second kappa shape index (κ2) is 5.23. The summed E-state index contributed by atoms with van der Waals surface area (Å²) in [7, 11) is 1.19. The van der Waals surface area contributed by atoms with Crippen molar-refractivity contribution < 1.29 is 32.7 Å². The molecular formula is C9H11F3N2O4. The Kier molecular flexibility index (Phi) is 4.15. The number of likely N-dealkylation sites (N-methyl/N-ethyl adjacent to an activating group) is 1. The van der Waals surface area contributed by atoms with Gasteiger partial charge < -0.3 is 14.8 Å². The number of oxime groups is 1. The zero-order valence-electron chi connectivity index (χ0n) is 9.40. The summed E-state index contributed by atoms with van der Waals surface area (Å²) in [5.41, 5.74) is -0.322. The normalized spacial score (nSPS) is 19.1. The molecule has 1 aliphatic heterocycles. The Labute approximate surface area is 100.0 Å². The van der Waals surface area contributed by atoms with E-state index in [1.807, 2.05) is 0 Å². The molecule has 0 aromatic carbocycles. The van der Waals surface area contributed by atoms with Crippen LogP contribution in [0.5, 0.6) is 0 Å². The lowest BCUT2D eigenvalue weighted by atomic mass is 10.1. The predicted molar refractivity (Wildman–Crippen MR) is 52.9 cm³/mol. The molecule has 18 heavy (non-hydrogen) atoms. The maximum atomic E-state index is 12.0. The molecule has 0 aliphatic carbocycles. The van der Waals surface area contributed by atoms with Crippen molar-refractivity contribution >= 4 is 17.6 Å². The first-order valence-corrected chi connectivity index (χ1v) is 4.98. The van der Waals surface area contributed by atoms with Crippen LogP contribution in [0, 0.1) is 0 Å². The third kappa shape index (κ3) is 3.90. The lowest BCUT2D eigenvalue weighted by molar-refractivity contribution is -0.149. The van der Waals surface area contributed by atoms with Crippen LogP contribution < -0.4 is 0 Å². The van der Waals surface area contributed by atoms with Crippen molar-refractivity contribution in [2.24, 2.45) is 5.16 Å². The van der Waals surface area contributed by atoms with Gasteiger partial charge in [-0.15, -0.1) is 0 Å². The number of amides is 1. The van der Waals surface area contributed by atoms with E-state index in [2.05, 4.69) is 9.99 Å². The summed E-state index contributed by atoms with van der Waals surface area (Å²) in [6, 6.07) is 0. The van der Waals surface area contributed by atoms with Crippen molar-refractivity contribution in [2.45, 2.75) is 25.1 Å². The van der Waals surface area contributed by atoms with Crippen LogP contribution in [0.4, 0.5) is 13.2 Å². The maximum Gasteiger partial charge on any atom is 0.390 e. The summed E-state index contributed by atoms with van der Waals surface area (Å²) in [6.07, 6.45) is -6.89. The van der Waals surface area contributed by atoms with Gasteiger partial charge in [0.25, 0.3) is 5.91 Å². The number of carbonyl (C=O) groups is 2. The van der Waals surface area contributed by atoms with Crippen LogP contribution in [0.25, 0.3) is 0 Å². The van der Waals surface area contributed by atoms with Crippen molar-refractivity contribution in [3.63, 3.8) is 0 Å². The first kappa shape index (κ1) is 14.3. The van der Waals surface area contributed by atoms with Crippen LogP contribution in [-0.2, 0) is 14.4 Å². The topological polar surface area (TPSA) is 79.2 Å². The van der Waals surface area contributed by atoms with Gasteiger partial charge in [0, 0.05) is 20.0 Å². The molecule has 0 radical (unpaired) electrons. The van der Waals surface area contributed by atoms with E-state index in [0.717, 1.165) is 4.90 Å². The minimum absolute atomic E-state index is 0.246. The van der Waals surface area contributed by atoms with Gasteiger partial charge in [0.15, 0.2) is 5.71 Å². The minimum Gasteiger partial charge on any atom is -0.477 e. The molecule has 1 heterocycles. The average Bonchev–Trinajstić information content (AvgIpc) is 2.73. The average molecular weight is 268 g/mol. The van der Waals surface area contributed by atoms with E-state index in [4.69, 9.17) is 5.11 Å². The molecule has 1 N–H and O–H groups in total. The van der Waals surface area contributed by atoms with E-state index in [0.29, 0.717) is 0 Å². The van der Waals surface area contributed by atoms with E-state index >= 15 is 0 Å². The number of carbonyl (C=O) groups excluding carboxylic acids is 1. The van der Waals surface area contributed by atoms with Crippen molar-refractivity contribution in [1.29, 1.82) is 0 Å². The van der Waals surface area contributed by atoms with E-state index in [9.17, 15) is 22.8 Å². The van der Waals surface area contributed by atoms with Crippen LogP contribution in [0.3, 0.4) is 0 Å². The number of nitrogens with zero attached hydrogens (tertiary/aromatic N) is 2. The van der Waals surface area contributed by atoms with Crippen molar-refractivity contribution in [3.05, 3.63) is 0 Å². The maximum absolute atomic E-state index is 12.0. The van der Waals surface area contributed by atoms with E-state index in [-0.39, 0.29) is 12.1 Å². The number of rotatable bonds is 4. The van der Waals surface area contributed by atoms with Crippen LogP contribution in [0.15, 0.2) is 5.16 Å². The van der Waals surface area contributed by atoms with Crippen LogP contribution in [-0.4, -0.2) is 53.5 Å². The fourth-order valence-electron chi connectivity index (χ4n) is 1.29. The molecule has 0 saturated carbocycles. The summed E-state index contributed by atoms with van der Waals surface area (Å²) in [4.78, 5) is 27.5. The quantitative estimate of drug-likeness (QED) is 0.810. The Morgan fingerprint density at radius 2 is 2.17 bits per heavy atom. The zero-order chi connectivity index (χ0) is 13.9. The first-order valence-electron chi connectivity index (χ1n) is 4.98. The molecule has 1 aliphatic rings. The molecule has 0 aromatic heterocycles. The molecule has 0 fully saturated rings. The number of halogens is 3. The van der Waals surface area contributed by atoms with Gasteiger partial charge in [0.2, 0.25) is 6.10 Å². The second-order valence-corrected chi connectivity index (χ2v) is 3.77. The van der Waals surface area contributed by atoms with Gasteiger partial charge in [-0.25, -0.2) is 4.79 Å². The number of alkyl halides is 3. The number of aliphatic carboxylic acids is 1. The van der Waals surface area contributed by atoms with Gasteiger partial charge in [0.05, 0.1) is 6.42 Å². The number of hydrogen-bond acceptors (Lipinski definition) is 4. The summed E-state index contributed by atoms with van der Waals surface area (Å²) in [6.45, 7) is -0.509. The van der Waals surface area contributed by atoms with E-state index < -0.39 is 37.1 Å². The summed E-state index contributed by atoms with van der Waals surface area (Å²) in [5, 5.41) is 11.8. The molecule has 0 aromatic rings. The van der Waals surface area contributed by atoms with E-state index in [1.54, 1.807) is 0 Å². The van der Waals surface area contributed by atoms with Gasteiger partial charge in [-0.05, 0) is 0 Å². The van der Waals surface area contributed by atoms with Crippen molar-refractivity contribution in [3.8, 4) is 0 Å². The fourth-order valence-corrected chi connectivity index (χ4v) is 1.29. The first-order chi connectivity index (χ1) is 8.20. The Hall–Kier alpha value is -1.80. The highest BCUT2D eigenvalue weighted by Crippen LogP contribution is 2.20. The van der Waals surface area contributed by atoms with Crippen molar-refractivity contribution in [1.82, 2.24) is 4.90 Å². The highest BCUT2D eigenvalue weighted by atomic mass is 19.4. The summed E-state index contributed by atoms with van der Waals surface area (Å²) in [5.74, 6) is -2.04. The Morgan fingerprint density at radius 1 is 1.56 bits per heavy atom. The summed E-state index contributed by atoms with van der Waals surface area (Å²) >= 11 is 0. The monoisotopic (exact) mass is 268 g/mol. The van der Waals surface area contributed by atoms with E-state index in [1.165, 1.54) is 7.05 Å². The Bertz CT molecular complexity index is 380. The van der Waals surface area contributed by atoms with Gasteiger partial charge in [-0.3, -0.25) is 4.79 Å². The Balaban J connectivity index is 2.45. The molecule has 0 spiro atoms. The Morgan fingerprint density at radius 3 is 2.61 bits per heavy atom. The largest absolute Gasteiger partial charge is 0.477 e. The van der Waals surface area contributed by atoms with Crippen molar-refractivity contribution in [2.75, 3.05) is 13.6 Å². The molecule has 1 unspecified atom stereocenters. The highest BCUT2D eigenvalue weighted by Gasteiger charge is 2.35. The van der Waals surface area contributed by atoms with Gasteiger partial charge in [-0.2, -0.15) is 13.2 Å². The minimum atomic E-state index is -4.35. The second-order valence-electron chi connectivity index (χ2n) is 3.77. The lowest BCUT2D eigenvalue weighted by Gasteiger charge is -2.20. The molecular weight excluding hydrogens is 257 g/mol. The van der Waals surface area contributed by atoms with Crippen LogP contribution in [0.1, 0.15) is 12.8 Å². The number of carboxylic acids is 1. The molecule has 102 valence electrons. The third-order valence-corrected chi connectivity index (χ3v) is 2.30. The molecule has 6 nitrogen and oxygen atoms in total. The molecule has 9 heteroatoms. The zero-order valence-corrected chi connectivity index (χ0v) is 9.40. The highest BCUT2D eigenvalue weighted by molar-refractivity contribution is 6.36. The fraction of sp³-hybridized carbons (Fsp3) is 0.667.